The summed E-state index contributed by atoms with van der Waals surface area (Å²) < 4.78 is 14.4. The van der Waals surface area contributed by atoms with Crippen LogP contribution in [0.5, 0.6) is 0 Å². The average molecular weight is 312 g/mol. The summed E-state index contributed by atoms with van der Waals surface area (Å²) in [4.78, 5) is 0.648. The number of benzene rings is 2. The van der Waals surface area contributed by atoms with Gasteiger partial charge in [-0.15, -0.1) is 11.8 Å². The molecule has 0 fully saturated rings. The number of nitrogen functional groups attached to an aromatic ring is 1. The Labute approximate surface area is 112 Å². The molecule has 0 amide bonds. The van der Waals surface area contributed by atoms with E-state index in [9.17, 15) is 4.39 Å². The van der Waals surface area contributed by atoms with Crippen LogP contribution in [0.15, 0.2) is 51.8 Å². The number of rotatable bonds is 3. The fourth-order valence-electron chi connectivity index (χ4n) is 1.41. The Morgan fingerprint density at radius 1 is 1.18 bits per heavy atom. The number of halogens is 2. The van der Waals surface area contributed by atoms with Crippen molar-refractivity contribution in [1.82, 2.24) is 0 Å². The largest absolute Gasteiger partial charge is 0.398 e. The van der Waals surface area contributed by atoms with Crippen LogP contribution in [0, 0.1) is 5.82 Å². The first-order chi connectivity index (χ1) is 8.16. The van der Waals surface area contributed by atoms with Gasteiger partial charge in [0.15, 0.2) is 0 Å². The molecule has 0 saturated heterocycles. The van der Waals surface area contributed by atoms with Gasteiger partial charge in [-0.25, -0.2) is 4.39 Å². The molecule has 0 radical (unpaired) electrons. The zero-order valence-electron chi connectivity index (χ0n) is 8.99. The molecular weight excluding hydrogens is 301 g/mol. The highest BCUT2D eigenvalue weighted by atomic mass is 79.9. The third-order valence-corrected chi connectivity index (χ3v) is 3.92. The van der Waals surface area contributed by atoms with Crippen molar-refractivity contribution in [2.24, 2.45) is 0 Å². The lowest BCUT2D eigenvalue weighted by Gasteiger charge is -2.06. The lowest BCUT2D eigenvalue weighted by atomic mass is 10.2. The highest BCUT2D eigenvalue weighted by Crippen LogP contribution is 2.28. The van der Waals surface area contributed by atoms with E-state index in [4.69, 9.17) is 5.73 Å². The molecule has 2 aromatic carbocycles. The molecule has 2 rings (SSSR count). The van der Waals surface area contributed by atoms with Crippen LogP contribution in [-0.2, 0) is 5.75 Å². The normalized spacial score (nSPS) is 10.5. The van der Waals surface area contributed by atoms with Crippen LogP contribution in [0.4, 0.5) is 10.1 Å². The van der Waals surface area contributed by atoms with Crippen LogP contribution in [-0.4, -0.2) is 0 Å². The molecule has 0 heterocycles. The molecular formula is C13H11BrFNS. The first-order valence-corrected chi connectivity index (χ1v) is 6.86. The molecule has 88 valence electrons. The Hall–Kier alpha value is -1.00. The quantitative estimate of drug-likeness (QED) is 0.669. The van der Waals surface area contributed by atoms with Crippen LogP contribution in [0.1, 0.15) is 5.56 Å². The standard InChI is InChI=1S/C13H11BrFNS/c14-10-6-5-9(12(16)7-10)8-17-13-4-2-1-3-11(13)15/h1-7H,8,16H2. The van der Waals surface area contributed by atoms with Gasteiger partial charge in [0.25, 0.3) is 0 Å². The molecule has 0 aliphatic carbocycles. The number of thioether (sulfide) groups is 1. The second-order valence-corrected chi connectivity index (χ2v) is 5.50. The molecule has 0 aliphatic rings. The summed E-state index contributed by atoms with van der Waals surface area (Å²) in [6.45, 7) is 0. The third kappa shape index (κ3) is 3.23. The van der Waals surface area contributed by atoms with E-state index in [-0.39, 0.29) is 5.82 Å². The van der Waals surface area contributed by atoms with Crippen molar-refractivity contribution in [2.45, 2.75) is 10.6 Å². The maximum absolute atomic E-state index is 13.4. The summed E-state index contributed by atoms with van der Waals surface area (Å²) in [5, 5.41) is 0. The Morgan fingerprint density at radius 2 is 1.94 bits per heavy atom. The van der Waals surface area contributed by atoms with Crippen molar-refractivity contribution in [3.63, 3.8) is 0 Å². The van der Waals surface area contributed by atoms with Gasteiger partial charge in [-0.2, -0.15) is 0 Å². The Morgan fingerprint density at radius 3 is 2.65 bits per heavy atom. The minimum atomic E-state index is -0.187. The number of hydrogen-bond donors (Lipinski definition) is 1. The van der Waals surface area contributed by atoms with Gasteiger partial charge in [0, 0.05) is 20.8 Å². The maximum atomic E-state index is 13.4. The fourth-order valence-corrected chi connectivity index (χ4v) is 2.75. The number of anilines is 1. The summed E-state index contributed by atoms with van der Waals surface area (Å²) >= 11 is 4.81. The van der Waals surface area contributed by atoms with Crippen LogP contribution < -0.4 is 5.73 Å². The van der Waals surface area contributed by atoms with E-state index >= 15 is 0 Å². The van der Waals surface area contributed by atoms with E-state index in [1.165, 1.54) is 17.8 Å². The smallest absolute Gasteiger partial charge is 0.136 e. The highest BCUT2D eigenvalue weighted by molar-refractivity contribution is 9.10. The van der Waals surface area contributed by atoms with E-state index in [1.807, 2.05) is 24.3 Å². The molecule has 4 heteroatoms. The van der Waals surface area contributed by atoms with Crippen molar-refractivity contribution in [1.29, 1.82) is 0 Å². The Kier molecular flexibility index (Phi) is 4.07. The van der Waals surface area contributed by atoms with Gasteiger partial charge >= 0.3 is 0 Å². The fraction of sp³-hybridized carbons (Fsp3) is 0.0769. The molecule has 17 heavy (non-hydrogen) atoms. The van der Waals surface area contributed by atoms with Crippen molar-refractivity contribution in [3.8, 4) is 0 Å². The molecule has 0 aliphatic heterocycles. The second-order valence-electron chi connectivity index (χ2n) is 3.56. The van der Waals surface area contributed by atoms with Crippen molar-refractivity contribution in [3.05, 3.63) is 58.3 Å². The Bertz CT molecular complexity index is 531. The van der Waals surface area contributed by atoms with Crippen LogP contribution >= 0.6 is 27.7 Å². The summed E-state index contributed by atoms with van der Waals surface area (Å²) in [5.74, 6) is 0.480. The van der Waals surface area contributed by atoms with Crippen LogP contribution in [0.2, 0.25) is 0 Å². The van der Waals surface area contributed by atoms with Gasteiger partial charge < -0.3 is 5.73 Å². The SMILES string of the molecule is Nc1cc(Br)ccc1CSc1ccccc1F. The lowest BCUT2D eigenvalue weighted by molar-refractivity contribution is 0.602. The van der Waals surface area contributed by atoms with Gasteiger partial charge in [-0.1, -0.05) is 34.1 Å². The lowest BCUT2D eigenvalue weighted by Crippen LogP contribution is -1.92. The van der Waals surface area contributed by atoms with Gasteiger partial charge in [-0.05, 0) is 29.8 Å². The first-order valence-electron chi connectivity index (χ1n) is 5.08. The third-order valence-electron chi connectivity index (χ3n) is 2.33. The highest BCUT2D eigenvalue weighted by Gasteiger charge is 2.04. The first kappa shape index (κ1) is 12.5. The summed E-state index contributed by atoms with van der Waals surface area (Å²) in [7, 11) is 0. The molecule has 0 saturated carbocycles. The van der Waals surface area contributed by atoms with E-state index in [0.29, 0.717) is 10.6 Å². The van der Waals surface area contributed by atoms with Gasteiger partial charge in [-0.3, -0.25) is 0 Å². The predicted octanol–water partition coefficient (Wildman–Crippen LogP) is 4.46. The summed E-state index contributed by atoms with van der Waals surface area (Å²) in [6, 6.07) is 12.5. The molecule has 0 spiro atoms. The monoisotopic (exact) mass is 311 g/mol. The number of nitrogens with two attached hydrogens (primary N) is 1. The van der Waals surface area contributed by atoms with Crippen LogP contribution in [0.25, 0.3) is 0 Å². The van der Waals surface area contributed by atoms with Gasteiger partial charge in [0.2, 0.25) is 0 Å². The minimum absolute atomic E-state index is 0.187. The minimum Gasteiger partial charge on any atom is -0.398 e. The average Bonchev–Trinajstić information content (AvgIpc) is 2.30. The molecule has 0 bridgehead atoms. The maximum Gasteiger partial charge on any atom is 0.136 e. The van der Waals surface area contributed by atoms with E-state index in [2.05, 4.69) is 15.9 Å². The van der Waals surface area contributed by atoms with Crippen molar-refractivity contribution in [2.75, 3.05) is 5.73 Å². The van der Waals surface area contributed by atoms with E-state index < -0.39 is 0 Å². The van der Waals surface area contributed by atoms with Gasteiger partial charge in [0.05, 0.1) is 0 Å². The van der Waals surface area contributed by atoms with Crippen LogP contribution in [0.3, 0.4) is 0 Å². The topological polar surface area (TPSA) is 26.0 Å². The predicted molar refractivity (Wildman–Crippen MR) is 74.5 cm³/mol. The number of hydrogen-bond acceptors (Lipinski definition) is 2. The van der Waals surface area contributed by atoms with E-state index in [1.54, 1.807) is 12.1 Å². The second kappa shape index (κ2) is 5.56. The van der Waals surface area contributed by atoms with E-state index in [0.717, 1.165) is 15.7 Å². The molecule has 0 atom stereocenters. The van der Waals surface area contributed by atoms with Gasteiger partial charge in [0.1, 0.15) is 5.82 Å². The molecule has 2 N–H and O–H groups in total. The molecule has 1 nitrogen and oxygen atoms in total. The zero-order chi connectivity index (χ0) is 12.3. The molecule has 0 aromatic heterocycles. The van der Waals surface area contributed by atoms with Crippen molar-refractivity contribution >= 4 is 33.4 Å². The zero-order valence-corrected chi connectivity index (χ0v) is 11.4. The summed E-state index contributed by atoms with van der Waals surface area (Å²) in [6.07, 6.45) is 0. The summed E-state index contributed by atoms with van der Waals surface area (Å²) in [5.41, 5.74) is 7.63. The Balaban J connectivity index is 2.10. The van der Waals surface area contributed by atoms with Crippen molar-refractivity contribution < 1.29 is 4.39 Å². The molecule has 2 aromatic rings. The molecule has 0 unspecified atom stereocenters.